The summed E-state index contributed by atoms with van der Waals surface area (Å²) in [5.74, 6) is 0.642. The fourth-order valence-corrected chi connectivity index (χ4v) is 6.46. The second-order valence-electron chi connectivity index (χ2n) is 12.3. The van der Waals surface area contributed by atoms with Gasteiger partial charge in [-0.15, -0.1) is 0 Å². The zero-order chi connectivity index (χ0) is 31.6. The number of carbonyl (C=O) groups excluding carboxylic acids is 2. The molecule has 0 aliphatic carbocycles. The summed E-state index contributed by atoms with van der Waals surface area (Å²) in [5.41, 5.74) is 6.55. The van der Waals surface area contributed by atoms with E-state index < -0.39 is 0 Å². The van der Waals surface area contributed by atoms with E-state index in [4.69, 9.17) is 0 Å². The van der Waals surface area contributed by atoms with Crippen LogP contribution in [0.15, 0.2) is 79.4 Å². The highest BCUT2D eigenvalue weighted by Crippen LogP contribution is 2.29. The van der Waals surface area contributed by atoms with Crippen molar-refractivity contribution in [3.05, 3.63) is 84.9 Å². The second kappa shape index (κ2) is 12.7. The molecule has 11 heteroatoms. The number of H-pyrrole nitrogens is 1. The Hall–Kier alpha value is -5.16. The van der Waals surface area contributed by atoms with Crippen molar-refractivity contribution >= 4 is 34.1 Å². The van der Waals surface area contributed by atoms with E-state index >= 15 is 0 Å². The first-order valence-corrected chi connectivity index (χ1v) is 15.8. The molecule has 5 aromatic rings. The van der Waals surface area contributed by atoms with Crippen molar-refractivity contribution < 1.29 is 9.59 Å². The second-order valence-corrected chi connectivity index (χ2v) is 12.3. The molecule has 0 spiro atoms. The maximum absolute atomic E-state index is 13.4. The van der Waals surface area contributed by atoms with Crippen molar-refractivity contribution in [1.82, 2.24) is 34.9 Å². The van der Waals surface area contributed by atoms with Gasteiger partial charge in [-0.3, -0.25) is 24.6 Å². The van der Waals surface area contributed by atoms with Crippen LogP contribution in [0.3, 0.4) is 0 Å². The maximum atomic E-state index is 13.4. The molecule has 0 saturated carbocycles. The number of anilines is 2. The monoisotopic (exact) mass is 615 g/mol. The lowest BCUT2D eigenvalue weighted by Gasteiger charge is -2.41. The first-order chi connectivity index (χ1) is 22.4. The van der Waals surface area contributed by atoms with Gasteiger partial charge < -0.3 is 15.1 Å². The van der Waals surface area contributed by atoms with E-state index in [0.717, 1.165) is 70.7 Å². The predicted octanol–water partition coefficient (Wildman–Crippen LogP) is 4.39. The van der Waals surface area contributed by atoms with Crippen molar-refractivity contribution in [2.75, 3.05) is 49.5 Å². The van der Waals surface area contributed by atoms with Crippen LogP contribution in [0.1, 0.15) is 18.9 Å². The van der Waals surface area contributed by atoms with E-state index in [1.165, 1.54) is 0 Å². The summed E-state index contributed by atoms with van der Waals surface area (Å²) in [6.45, 7) is 7.91. The molecule has 0 radical (unpaired) electrons. The standard InChI is InChI=1S/C35H37N9O2/c1-23-18-37-34(38-19-23)26-3-6-29(7-4-26)43-15-16-44(24(2)20-43)32(45)22-42-14-11-27(21-42)35(46)39-28-5-8-31-30(17-28)33(41-40-31)25-9-12-36-13-10-25/h3-10,12-13,17-19,24,27H,11,14-16,20-22H2,1-2H3,(H,39,46)(H,40,41)/t24-,27-/m1/s1. The third-order valence-electron chi connectivity index (χ3n) is 9.01. The minimum absolute atomic E-state index is 0.0230. The number of rotatable bonds is 7. The number of pyridine rings is 1. The Kier molecular flexibility index (Phi) is 8.15. The van der Waals surface area contributed by atoms with Crippen LogP contribution in [0, 0.1) is 12.8 Å². The molecule has 2 aromatic carbocycles. The number of nitrogens with one attached hydrogen (secondary N) is 2. The lowest BCUT2D eigenvalue weighted by molar-refractivity contribution is -0.134. The molecule has 2 N–H and O–H groups in total. The molecule has 0 bridgehead atoms. The van der Waals surface area contributed by atoms with Gasteiger partial charge in [-0.2, -0.15) is 5.10 Å². The van der Waals surface area contributed by atoms with Crippen LogP contribution in [0.5, 0.6) is 0 Å². The molecule has 2 aliphatic heterocycles. The van der Waals surface area contributed by atoms with Crippen molar-refractivity contribution in [2.45, 2.75) is 26.3 Å². The first kappa shape index (κ1) is 29.5. The van der Waals surface area contributed by atoms with Crippen LogP contribution in [-0.4, -0.2) is 92.1 Å². The zero-order valence-corrected chi connectivity index (χ0v) is 26.1. The smallest absolute Gasteiger partial charge is 0.237 e. The van der Waals surface area contributed by atoms with Crippen molar-refractivity contribution in [2.24, 2.45) is 5.92 Å². The van der Waals surface area contributed by atoms with Crippen LogP contribution in [0.2, 0.25) is 0 Å². The molecule has 11 nitrogen and oxygen atoms in total. The summed E-state index contributed by atoms with van der Waals surface area (Å²) in [6, 6.07) is 18.0. The lowest BCUT2D eigenvalue weighted by Crippen LogP contribution is -2.56. The molecule has 2 fully saturated rings. The van der Waals surface area contributed by atoms with E-state index in [1.54, 1.807) is 12.4 Å². The number of hydrogen-bond donors (Lipinski definition) is 2. The third-order valence-corrected chi connectivity index (χ3v) is 9.01. The van der Waals surface area contributed by atoms with Gasteiger partial charge in [0.1, 0.15) is 5.69 Å². The van der Waals surface area contributed by atoms with Crippen LogP contribution < -0.4 is 10.2 Å². The van der Waals surface area contributed by atoms with Crippen LogP contribution in [0.4, 0.5) is 11.4 Å². The first-order valence-electron chi connectivity index (χ1n) is 15.8. The van der Waals surface area contributed by atoms with E-state index in [-0.39, 0.29) is 23.8 Å². The average Bonchev–Trinajstić information content (AvgIpc) is 3.73. The van der Waals surface area contributed by atoms with Crippen molar-refractivity contribution in [3.8, 4) is 22.6 Å². The highest BCUT2D eigenvalue weighted by atomic mass is 16.2. The number of nitrogens with zero attached hydrogens (tertiary/aromatic N) is 7. The van der Waals surface area contributed by atoms with Gasteiger partial charge in [0, 0.05) is 84.9 Å². The van der Waals surface area contributed by atoms with Gasteiger partial charge in [0.15, 0.2) is 5.82 Å². The molecule has 234 valence electrons. The molecule has 7 rings (SSSR count). The van der Waals surface area contributed by atoms with Gasteiger partial charge in [0.05, 0.1) is 18.0 Å². The van der Waals surface area contributed by atoms with Gasteiger partial charge in [-0.25, -0.2) is 9.97 Å². The van der Waals surface area contributed by atoms with Gasteiger partial charge in [-0.05, 0) is 87.0 Å². The Bertz CT molecular complexity index is 1840. The van der Waals surface area contributed by atoms with Crippen LogP contribution in [0.25, 0.3) is 33.5 Å². The molecular weight excluding hydrogens is 578 g/mol. The summed E-state index contributed by atoms with van der Waals surface area (Å²) >= 11 is 0. The number of amides is 2. The minimum Gasteiger partial charge on any atom is -0.368 e. The summed E-state index contributed by atoms with van der Waals surface area (Å²) in [4.78, 5) is 46.0. The maximum Gasteiger partial charge on any atom is 0.237 e. The molecule has 5 heterocycles. The number of likely N-dealkylation sites (tertiary alicyclic amines) is 1. The fraction of sp³-hybridized carbons (Fsp3) is 0.314. The third kappa shape index (κ3) is 6.18. The summed E-state index contributed by atoms with van der Waals surface area (Å²) in [5, 5.41) is 11.6. The van der Waals surface area contributed by atoms with E-state index in [0.29, 0.717) is 25.5 Å². The van der Waals surface area contributed by atoms with E-state index in [2.05, 4.69) is 71.5 Å². The summed E-state index contributed by atoms with van der Waals surface area (Å²) in [6.07, 6.45) is 7.86. The lowest BCUT2D eigenvalue weighted by atomic mass is 10.1. The Labute approximate surface area is 267 Å². The molecule has 3 aromatic heterocycles. The predicted molar refractivity (Wildman–Crippen MR) is 178 cm³/mol. The molecule has 2 amide bonds. The SMILES string of the molecule is Cc1cnc(-c2ccc(N3CCN(C(=O)CN4CC[C@@H](C(=O)Nc5ccc6[nH]nc(-c7ccncc7)c6c5)C4)[C@H](C)C3)cc2)nc1. The van der Waals surface area contributed by atoms with Gasteiger partial charge in [-0.1, -0.05) is 0 Å². The minimum atomic E-state index is -0.171. The molecule has 2 aliphatic rings. The fourth-order valence-electron chi connectivity index (χ4n) is 6.46. The van der Waals surface area contributed by atoms with Gasteiger partial charge >= 0.3 is 0 Å². The van der Waals surface area contributed by atoms with E-state index in [1.807, 2.05) is 54.5 Å². The Morgan fingerprint density at radius 1 is 0.935 bits per heavy atom. The number of aryl methyl sites for hydroxylation is 1. The molecule has 2 atom stereocenters. The number of hydrogen-bond acceptors (Lipinski definition) is 8. The average molecular weight is 616 g/mol. The van der Waals surface area contributed by atoms with E-state index in [9.17, 15) is 9.59 Å². The van der Waals surface area contributed by atoms with Crippen LogP contribution in [-0.2, 0) is 9.59 Å². The summed E-state index contributed by atoms with van der Waals surface area (Å²) in [7, 11) is 0. The Morgan fingerprint density at radius 2 is 1.72 bits per heavy atom. The molecule has 0 unspecified atom stereocenters. The number of carbonyl (C=O) groups is 2. The van der Waals surface area contributed by atoms with Crippen molar-refractivity contribution in [3.63, 3.8) is 0 Å². The topological polar surface area (TPSA) is 123 Å². The molecular formula is C35H37N9O2. The quantitative estimate of drug-likeness (QED) is 0.277. The van der Waals surface area contributed by atoms with Crippen LogP contribution >= 0.6 is 0 Å². The van der Waals surface area contributed by atoms with Crippen molar-refractivity contribution in [1.29, 1.82) is 0 Å². The largest absolute Gasteiger partial charge is 0.368 e. The summed E-state index contributed by atoms with van der Waals surface area (Å²) < 4.78 is 0. The van der Waals surface area contributed by atoms with Gasteiger partial charge in [0.25, 0.3) is 0 Å². The number of aromatic amines is 1. The zero-order valence-electron chi connectivity index (χ0n) is 26.1. The molecule has 2 saturated heterocycles. The highest BCUT2D eigenvalue weighted by molar-refractivity contribution is 5.99. The number of fused-ring (bicyclic) bond motifs is 1. The number of piperazine rings is 1. The Morgan fingerprint density at radius 3 is 2.48 bits per heavy atom. The van der Waals surface area contributed by atoms with Gasteiger partial charge in [0.2, 0.25) is 11.8 Å². The number of benzene rings is 2. The normalized spacial score (nSPS) is 18.7. The molecule has 46 heavy (non-hydrogen) atoms. The highest BCUT2D eigenvalue weighted by Gasteiger charge is 2.33. The Balaban J connectivity index is 0.912. The number of aromatic nitrogens is 5.